The molecular formula is C16H11Cl2NO. The van der Waals surface area contributed by atoms with Gasteiger partial charge in [0.2, 0.25) is 0 Å². The molecule has 0 saturated heterocycles. The molecule has 1 N–H and O–H groups in total. The zero-order valence-corrected chi connectivity index (χ0v) is 11.9. The number of nitrogens with zero attached hydrogens (tertiary/aromatic N) is 1. The maximum absolute atomic E-state index is 10.5. The van der Waals surface area contributed by atoms with Gasteiger partial charge >= 0.3 is 0 Å². The van der Waals surface area contributed by atoms with Crippen LogP contribution in [0, 0.1) is 0 Å². The summed E-state index contributed by atoms with van der Waals surface area (Å²) in [5.74, 6) is 0. The topological polar surface area (TPSA) is 33.1 Å². The van der Waals surface area contributed by atoms with Gasteiger partial charge in [0.15, 0.2) is 0 Å². The fraction of sp³-hybridized carbons (Fsp3) is 0.0625. The van der Waals surface area contributed by atoms with E-state index >= 15 is 0 Å². The van der Waals surface area contributed by atoms with Crippen LogP contribution in [0.3, 0.4) is 0 Å². The van der Waals surface area contributed by atoms with Gasteiger partial charge in [0.1, 0.15) is 6.10 Å². The Balaban J connectivity index is 2.07. The molecule has 0 amide bonds. The van der Waals surface area contributed by atoms with Crippen molar-refractivity contribution < 1.29 is 5.11 Å². The van der Waals surface area contributed by atoms with Crippen LogP contribution in [-0.2, 0) is 0 Å². The first-order valence-corrected chi connectivity index (χ1v) is 6.88. The van der Waals surface area contributed by atoms with Crippen LogP contribution in [0.1, 0.15) is 17.2 Å². The summed E-state index contributed by atoms with van der Waals surface area (Å²) in [5, 5.41) is 12.5. The Kier molecular flexibility index (Phi) is 3.62. The third kappa shape index (κ3) is 2.50. The summed E-state index contributed by atoms with van der Waals surface area (Å²) in [7, 11) is 0. The van der Waals surface area contributed by atoms with Crippen molar-refractivity contribution in [3.8, 4) is 0 Å². The number of pyridine rings is 1. The number of fused-ring (bicyclic) bond motifs is 1. The third-order valence-corrected chi connectivity index (χ3v) is 3.78. The molecule has 0 radical (unpaired) electrons. The summed E-state index contributed by atoms with van der Waals surface area (Å²) >= 11 is 12.1. The average Bonchev–Trinajstić information content (AvgIpc) is 2.48. The van der Waals surface area contributed by atoms with Crippen LogP contribution in [0.2, 0.25) is 10.0 Å². The second-order valence-electron chi connectivity index (χ2n) is 4.52. The van der Waals surface area contributed by atoms with E-state index in [0.29, 0.717) is 15.6 Å². The second-order valence-corrected chi connectivity index (χ2v) is 5.37. The Morgan fingerprint density at radius 2 is 1.85 bits per heavy atom. The largest absolute Gasteiger partial charge is 0.384 e. The molecule has 0 fully saturated rings. The molecule has 0 saturated carbocycles. The molecule has 1 aromatic heterocycles. The van der Waals surface area contributed by atoms with Gasteiger partial charge in [-0.3, -0.25) is 4.98 Å². The fourth-order valence-corrected chi connectivity index (χ4v) is 2.56. The van der Waals surface area contributed by atoms with Crippen LogP contribution in [0.5, 0.6) is 0 Å². The van der Waals surface area contributed by atoms with Crippen LogP contribution in [-0.4, -0.2) is 10.1 Å². The van der Waals surface area contributed by atoms with E-state index in [1.807, 2.05) is 30.3 Å². The first-order valence-electron chi connectivity index (χ1n) is 6.13. The number of rotatable bonds is 2. The molecule has 20 heavy (non-hydrogen) atoms. The number of benzene rings is 2. The summed E-state index contributed by atoms with van der Waals surface area (Å²) in [6, 6.07) is 14.6. The van der Waals surface area contributed by atoms with Gasteiger partial charge in [0, 0.05) is 27.2 Å². The minimum atomic E-state index is -0.826. The molecule has 0 aliphatic heterocycles. The van der Waals surface area contributed by atoms with Crippen molar-refractivity contribution >= 4 is 34.1 Å². The standard InChI is InChI=1S/C16H11Cl2NO/c17-12-5-6-14(18)13(9-12)16(20)11-4-3-10-2-1-7-19-15(10)8-11/h1-9,16,20H. The molecule has 1 atom stereocenters. The third-order valence-electron chi connectivity index (χ3n) is 3.20. The molecule has 3 rings (SSSR count). The van der Waals surface area contributed by atoms with E-state index in [0.717, 1.165) is 16.5 Å². The molecule has 2 nitrogen and oxygen atoms in total. The van der Waals surface area contributed by atoms with Crippen molar-refractivity contribution in [2.75, 3.05) is 0 Å². The van der Waals surface area contributed by atoms with E-state index in [2.05, 4.69) is 4.98 Å². The minimum Gasteiger partial charge on any atom is -0.384 e. The summed E-state index contributed by atoms with van der Waals surface area (Å²) in [5.41, 5.74) is 2.16. The number of aliphatic hydroxyl groups excluding tert-OH is 1. The maximum atomic E-state index is 10.5. The Labute approximate surface area is 126 Å². The van der Waals surface area contributed by atoms with Gasteiger partial charge in [0.05, 0.1) is 5.52 Å². The highest BCUT2D eigenvalue weighted by molar-refractivity contribution is 6.33. The predicted octanol–water partition coefficient (Wildman–Crippen LogP) is 4.62. The minimum absolute atomic E-state index is 0.489. The van der Waals surface area contributed by atoms with Crippen LogP contribution in [0.4, 0.5) is 0 Å². The summed E-state index contributed by atoms with van der Waals surface area (Å²) < 4.78 is 0. The highest BCUT2D eigenvalue weighted by Gasteiger charge is 2.15. The van der Waals surface area contributed by atoms with Crippen molar-refractivity contribution in [2.24, 2.45) is 0 Å². The highest BCUT2D eigenvalue weighted by atomic mass is 35.5. The molecule has 1 heterocycles. The molecule has 0 aliphatic rings. The van der Waals surface area contributed by atoms with Crippen LogP contribution in [0.15, 0.2) is 54.7 Å². The second kappa shape index (κ2) is 5.41. The van der Waals surface area contributed by atoms with E-state index in [9.17, 15) is 5.11 Å². The van der Waals surface area contributed by atoms with Gasteiger partial charge in [-0.05, 0) is 35.9 Å². The normalized spacial score (nSPS) is 12.6. The van der Waals surface area contributed by atoms with Crippen LogP contribution >= 0.6 is 23.2 Å². The Bertz CT molecular complexity index is 773. The van der Waals surface area contributed by atoms with E-state index in [4.69, 9.17) is 23.2 Å². The average molecular weight is 304 g/mol. The van der Waals surface area contributed by atoms with Crippen molar-refractivity contribution in [2.45, 2.75) is 6.10 Å². The highest BCUT2D eigenvalue weighted by Crippen LogP contribution is 2.31. The van der Waals surface area contributed by atoms with Gasteiger partial charge in [0.25, 0.3) is 0 Å². The molecule has 0 bridgehead atoms. The quantitative estimate of drug-likeness (QED) is 0.749. The lowest BCUT2D eigenvalue weighted by atomic mass is 10.00. The maximum Gasteiger partial charge on any atom is 0.106 e. The van der Waals surface area contributed by atoms with Crippen molar-refractivity contribution in [1.29, 1.82) is 0 Å². The van der Waals surface area contributed by atoms with Crippen molar-refractivity contribution in [3.05, 3.63) is 75.9 Å². The fourth-order valence-electron chi connectivity index (χ4n) is 2.16. The first kappa shape index (κ1) is 13.4. The molecule has 4 heteroatoms. The Hall–Kier alpha value is -1.61. The summed E-state index contributed by atoms with van der Waals surface area (Å²) in [6.45, 7) is 0. The number of halogens is 2. The number of aromatic nitrogens is 1. The van der Waals surface area contributed by atoms with Gasteiger partial charge in [-0.1, -0.05) is 41.4 Å². The molecular weight excluding hydrogens is 293 g/mol. The lowest BCUT2D eigenvalue weighted by molar-refractivity contribution is 0.220. The lowest BCUT2D eigenvalue weighted by Gasteiger charge is -2.14. The zero-order valence-electron chi connectivity index (χ0n) is 10.4. The molecule has 1 unspecified atom stereocenters. The Morgan fingerprint density at radius 3 is 2.70 bits per heavy atom. The number of hydrogen-bond donors (Lipinski definition) is 1. The summed E-state index contributed by atoms with van der Waals surface area (Å²) in [6.07, 6.45) is 0.901. The monoisotopic (exact) mass is 303 g/mol. The van der Waals surface area contributed by atoms with Gasteiger partial charge in [-0.15, -0.1) is 0 Å². The van der Waals surface area contributed by atoms with E-state index in [1.165, 1.54) is 0 Å². The molecule has 100 valence electrons. The van der Waals surface area contributed by atoms with Crippen LogP contribution < -0.4 is 0 Å². The summed E-state index contributed by atoms with van der Waals surface area (Å²) in [4.78, 5) is 4.29. The van der Waals surface area contributed by atoms with E-state index < -0.39 is 6.10 Å². The van der Waals surface area contributed by atoms with E-state index in [1.54, 1.807) is 24.4 Å². The van der Waals surface area contributed by atoms with Gasteiger partial charge in [-0.2, -0.15) is 0 Å². The number of aliphatic hydroxyl groups is 1. The molecule has 0 aliphatic carbocycles. The molecule has 2 aromatic carbocycles. The Morgan fingerprint density at radius 1 is 1.00 bits per heavy atom. The smallest absolute Gasteiger partial charge is 0.106 e. The van der Waals surface area contributed by atoms with Crippen molar-refractivity contribution in [3.63, 3.8) is 0 Å². The van der Waals surface area contributed by atoms with Crippen LogP contribution in [0.25, 0.3) is 10.9 Å². The molecule has 0 spiro atoms. The van der Waals surface area contributed by atoms with Gasteiger partial charge in [-0.25, -0.2) is 0 Å². The SMILES string of the molecule is OC(c1ccc2cccnc2c1)c1cc(Cl)ccc1Cl. The van der Waals surface area contributed by atoms with Gasteiger partial charge < -0.3 is 5.11 Å². The van der Waals surface area contributed by atoms with E-state index in [-0.39, 0.29) is 0 Å². The zero-order chi connectivity index (χ0) is 14.1. The molecule has 3 aromatic rings. The lowest BCUT2D eigenvalue weighted by Crippen LogP contribution is -2.00. The first-order chi connectivity index (χ1) is 9.65. The van der Waals surface area contributed by atoms with Crippen molar-refractivity contribution in [1.82, 2.24) is 4.98 Å². The predicted molar refractivity (Wildman–Crippen MR) is 82.3 cm³/mol. The number of hydrogen-bond acceptors (Lipinski definition) is 2.